The zero-order chi connectivity index (χ0) is 14.8. The van der Waals surface area contributed by atoms with E-state index < -0.39 is 0 Å². The minimum Gasteiger partial charge on any atom is -0.334 e. The minimum atomic E-state index is 0. The number of carbonyl (C=O) groups excluding carboxylic acids is 1. The molecule has 3 rings (SSSR count). The van der Waals surface area contributed by atoms with Crippen LogP contribution in [0.1, 0.15) is 30.1 Å². The van der Waals surface area contributed by atoms with Crippen LogP contribution in [0.25, 0.3) is 11.0 Å². The Hall–Kier alpha value is -1.66. The largest absolute Gasteiger partial charge is 0.334 e. The number of nitrogens with one attached hydrogen (secondary N) is 1. The lowest BCUT2D eigenvalue weighted by Gasteiger charge is -2.28. The summed E-state index contributed by atoms with van der Waals surface area (Å²) in [6.07, 6.45) is 1.99. The Morgan fingerprint density at radius 3 is 3.00 bits per heavy atom. The summed E-state index contributed by atoms with van der Waals surface area (Å²) in [6.45, 7) is 4.78. The maximum absolute atomic E-state index is 12.8. The molecule has 1 unspecified atom stereocenters. The lowest BCUT2D eigenvalue weighted by Crippen LogP contribution is -2.42. The number of hydrogen-bond donors (Lipinski definition) is 1. The summed E-state index contributed by atoms with van der Waals surface area (Å²) in [6, 6.07) is 5.93. The van der Waals surface area contributed by atoms with Gasteiger partial charge >= 0.3 is 0 Å². The van der Waals surface area contributed by atoms with Crippen molar-refractivity contribution < 1.29 is 4.79 Å². The van der Waals surface area contributed by atoms with Gasteiger partial charge in [-0.25, -0.2) is 4.68 Å². The fraction of sp³-hybridized carbons (Fsp3) is 0.533. The number of fused-ring (bicyclic) bond motifs is 1. The summed E-state index contributed by atoms with van der Waals surface area (Å²) < 4.78 is 1.72. The van der Waals surface area contributed by atoms with Gasteiger partial charge in [0.2, 0.25) is 0 Å². The van der Waals surface area contributed by atoms with Crippen LogP contribution in [0, 0.1) is 0 Å². The third-order valence-corrected chi connectivity index (χ3v) is 4.06. The molecule has 1 fully saturated rings. The first-order chi connectivity index (χ1) is 10.2. The van der Waals surface area contributed by atoms with Crippen LogP contribution in [-0.2, 0) is 7.05 Å². The topological polar surface area (TPSA) is 63.1 Å². The molecule has 1 N–H and O–H groups in total. The average molecular weight is 324 g/mol. The first-order valence-corrected chi connectivity index (χ1v) is 7.52. The number of carbonyl (C=O) groups is 1. The highest BCUT2D eigenvalue weighted by Crippen LogP contribution is 2.17. The van der Waals surface area contributed by atoms with E-state index in [1.807, 2.05) is 30.1 Å². The van der Waals surface area contributed by atoms with Gasteiger partial charge < -0.3 is 10.2 Å². The Morgan fingerprint density at radius 1 is 1.50 bits per heavy atom. The number of hydrogen-bond acceptors (Lipinski definition) is 4. The van der Waals surface area contributed by atoms with Crippen LogP contribution >= 0.6 is 12.4 Å². The number of rotatable bonds is 4. The van der Waals surface area contributed by atoms with Crippen LogP contribution in [0.4, 0.5) is 0 Å². The Kier molecular flexibility index (Phi) is 5.37. The van der Waals surface area contributed by atoms with Gasteiger partial charge in [-0.3, -0.25) is 4.79 Å². The normalized spacial score (nSPS) is 17.5. The average Bonchev–Trinajstić information content (AvgIpc) is 3.14. The lowest BCUT2D eigenvalue weighted by molar-refractivity contribution is 0.0692. The van der Waals surface area contributed by atoms with Crippen LogP contribution in [0.5, 0.6) is 0 Å². The van der Waals surface area contributed by atoms with Crippen LogP contribution in [-0.4, -0.2) is 51.5 Å². The van der Waals surface area contributed by atoms with Crippen molar-refractivity contribution in [2.45, 2.75) is 25.8 Å². The third kappa shape index (κ3) is 3.08. The van der Waals surface area contributed by atoms with Crippen LogP contribution in [0.15, 0.2) is 18.2 Å². The Labute approximate surface area is 136 Å². The molecule has 1 amide bonds. The second kappa shape index (κ2) is 7.07. The highest BCUT2D eigenvalue weighted by Gasteiger charge is 2.26. The molecule has 2 aromatic rings. The van der Waals surface area contributed by atoms with Crippen molar-refractivity contribution >= 4 is 29.3 Å². The van der Waals surface area contributed by atoms with Crippen molar-refractivity contribution in [3.63, 3.8) is 0 Å². The van der Waals surface area contributed by atoms with E-state index >= 15 is 0 Å². The summed E-state index contributed by atoms with van der Waals surface area (Å²) in [5.74, 6) is 0.0955. The van der Waals surface area contributed by atoms with Crippen molar-refractivity contribution in [3.05, 3.63) is 23.8 Å². The van der Waals surface area contributed by atoms with Gasteiger partial charge in [0.05, 0.1) is 5.52 Å². The molecular weight excluding hydrogens is 302 g/mol. The van der Waals surface area contributed by atoms with E-state index in [1.165, 1.54) is 0 Å². The van der Waals surface area contributed by atoms with Crippen molar-refractivity contribution in [1.82, 2.24) is 25.2 Å². The highest BCUT2D eigenvalue weighted by atomic mass is 35.5. The summed E-state index contributed by atoms with van der Waals surface area (Å²) in [7, 11) is 1.85. The predicted octanol–water partition coefficient (Wildman–Crippen LogP) is 1.60. The van der Waals surface area contributed by atoms with Gasteiger partial charge in [-0.2, -0.15) is 0 Å². The van der Waals surface area contributed by atoms with Gasteiger partial charge in [-0.05, 0) is 37.6 Å². The maximum Gasteiger partial charge on any atom is 0.254 e. The van der Waals surface area contributed by atoms with E-state index in [9.17, 15) is 4.79 Å². The first kappa shape index (κ1) is 16.7. The summed E-state index contributed by atoms with van der Waals surface area (Å²) in [4.78, 5) is 14.8. The number of aryl methyl sites for hydroxylation is 1. The molecular formula is C15H22ClN5O. The van der Waals surface area contributed by atoms with Gasteiger partial charge in [-0.15, -0.1) is 17.5 Å². The van der Waals surface area contributed by atoms with Crippen molar-refractivity contribution in [2.24, 2.45) is 7.05 Å². The SMILES string of the molecule is CCCN(C(=O)c1ccc2c(c1)nnn2C)C1CCNC1.Cl. The highest BCUT2D eigenvalue weighted by molar-refractivity contribution is 5.97. The smallest absolute Gasteiger partial charge is 0.254 e. The monoisotopic (exact) mass is 323 g/mol. The molecule has 6 nitrogen and oxygen atoms in total. The van der Waals surface area contributed by atoms with E-state index in [1.54, 1.807) is 4.68 Å². The van der Waals surface area contributed by atoms with Crippen molar-refractivity contribution in [2.75, 3.05) is 19.6 Å². The molecule has 1 aromatic carbocycles. The molecule has 0 spiro atoms. The quantitative estimate of drug-likeness (QED) is 0.928. The number of amides is 1. The zero-order valence-electron chi connectivity index (χ0n) is 13.0. The number of aromatic nitrogens is 3. The zero-order valence-corrected chi connectivity index (χ0v) is 13.8. The Bertz CT molecular complexity index is 650. The van der Waals surface area contributed by atoms with Gasteiger partial charge in [0.25, 0.3) is 5.91 Å². The standard InChI is InChI=1S/C15H21N5O.ClH/c1-3-8-20(12-6-7-16-10-12)15(21)11-4-5-14-13(9-11)17-18-19(14)2;/h4-5,9,12,16H,3,6-8,10H2,1-2H3;1H. The van der Waals surface area contributed by atoms with Crippen LogP contribution in [0.2, 0.25) is 0 Å². The Morgan fingerprint density at radius 2 is 2.32 bits per heavy atom. The van der Waals surface area contributed by atoms with Crippen molar-refractivity contribution in [1.29, 1.82) is 0 Å². The molecule has 7 heteroatoms. The van der Waals surface area contributed by atoms with E-state index in [0.29, 0.717) is 11.6 Å². The molecule has 0 radical (unpaired) electrons. The molecule has 0 bridgehead atoms. The molecule has 1 aliphatic heterocycles. The molecule has 2 heterocycles. The lowest BCUT2D eigenvalue weighted by atomic mass is 10.1. The molecule has 1 saturated heterocycles. The number of nitrogens with zero attached hydrogens (tertiary/aromatic N) is 4. The summed E-state index contributed by atoms with van der Waals surface area (Å²) >= 11 is 0. The van der Waals surface area contributed by atoms with E-state index in [4.69, 9.17) is 0 Å². The third-order valence-electron chi connectivity index (χ3n) is 4.06. The van der Waals surface area contributed by atoms with E-state index in [0.717, 1.165) is 43.5 Å². The molecule has 0 aliphatic carbocycles. The molecule has 0 saturated carbocycles. The summed E-state index contributed by atoms with van der Waals surface area (Å²) in [5.41, 5.74) is 2.41. The van der Waals surface area contributed by atoms with E-state index in [-0.39, 0.29) is 18.3 Å². The molecule has 22 heavy (non-hydrogen) atoms. The molecule has 1 aliphatic rings. The van der Waals surface area contributed by atoms with Gasteiger partial charge in [0.15, 0.2) is 0 Å². The van der Waals surface area contributed by atoms with E-state index in [2.05, 4.69) is 22.6 Å². The van der Waals surface area contributed by atoms with Crippen LogP contribution < -0.4 is 5.32 Å². The van der Waals surface area contributed by atoms with Crippen LogP contribution in [0.3, 0.4) is 0 Å². The second-order valence-corrected chi connectivity index (χ2v) is 5.56. The van der Waals surface area contributed by atoms with Gasteiger partial charge in [0, 0.05) is 31.7 Å². The minimum absolute atomic E-state index is 0. The summed E-state index contributed by atoms with van der Waals surface area (Å²) in [5, 5.41) is 11.4. The Balaban J connectivity index is 0.00000176. The van der Waals surface area contributed by atoms with Gasteiger partial charge in [-0.1, -0.05) is 12.1 Å². The molecule has 1 aromatic heterocycles. The molecule has 120 valence electrons. The van der Waals surface area contributed by atoms with Crippen molar-refractivity contribution in [3.8, 4) is 0 Å². The fourth-order valence-electron chi connectivity index (χ4n) is 2.94. The number of benzene rings is 1. The predicted molar refractivity (Wildman–Crippen MR) is 88.4 cm³/mol. The fourth-order valence-corrected chi connectivity index (χ4v) is 2.94. The molecule has 1 atom stereocenters. The van der Waals surface area contributed by atoms with Gasteiger partial charge in [0.1, 0.15) is 5.52 Å². The second-order valence-electron chi connectivity index (χ2n) is 5.56. The number of halogens is 1. The maximum atomic E-state index is 12.8. The first-order valence-electron chi connectivity index (χ1n) is 7.52.